The zero-order valence-electron chi connectivity index (χ0n) is 8.02. The molecular weight excluding hydrogens is 196 g/mol. The van der Waals surface area contributed by atoms with Gasteiger partial charge in [0.2, 0.25) is 0 Å². The van der Waals surface area contributed by atoms with Gasteiger partial charge in [0.1, 0.15) is 0 Å². The number of nitrogens with zero attached hydrogens (tertiary/aromatic N) is 2. The fourth-order valence-corrected chi connectivity index (χ4v) is 2.68. The van der Waals surface area contributed by atoms with E-state index >= 15 is 0 Å². The lowest BCUT2D eigenvalue weighted by Crippen LogP contribution is -2.28. The van der Waals surface area contributed by atoms with Gasteiger partial charge in [-0.25, -0.2) is 0 Å². The lowest BCUT2D eigenvalue weighted by Gasteiger charge is -2.26. The summed E-state index contributed by atoms with van der Waals surface area (Å²) in [5.74, 6) is 0. The fraction of sp³-hybridized carbons (Fsp3) is 0.500. The van der Waals surface area contributed by atoms with Crippen molar-refractivity contribution in [3.8, 4) is 0 Å². The van der Waals surface area contributed by atoms with Crippen LogP contribution in [0, 0.1) is 0 Å². The third kappa shape index (κ3) is 2.07. The Morgan fingerprint density at radius 3 is 2.79 bits per heavy atom. The Bertz CT molecular complexity index is 316. The van der Waals surface area contributed by atoms with Crippen LogP contribution in [0.15, 0.2) is 17.3 Å². The largest absolute Gasteiger partial charge is 0.411 e. The van der Waals surface area contributed by atoms with E-state index in [0.717, 1.165) is 18.0 Å². The van der Waals surface area contributed by atoms with E-state index in [4.69, 9.17) is 5.21 Å². The molecule has 1 aliphatic rings. The van der Waals surface area contributed by atoms with Crippen LogP contribution in [-0.4, -0.2) is 24.5 Å². The third-order valence-corrected chi connectivity index (χ3v) is 3.55. The summed E-state index contributed by atoms with van der Waals surface area (Å²) in [6.45, 7) is 2.33. The second kappa shape index (κ2) is 4.46. The zero-order chi connectivity index (χ0) is 9.80. The van der Waals surface area contributed by atoms with Crippen molar-refractivity contribution in [1.29, 1.82) is 0 Å². The van der Waals surface area contributed by atoms with E-state index in [9.17, 15) is 0 Å². The van der Waals surface area contributed by atoms with Crippen LogP contribution in [0.2, 0.25) is 0 Å². The van der Waals surface area contributed by atoms with Crippen LogP contribution in [0.25, 0.3) is 0 Å². The lowest BCUT2D eigenvalue weighted by atomic mass is 10.1. The molecule has 3 nitrogen and oxygen atoms in total. The highest BCUT2D eigenvalue weighted by atomic mass is 32.1. The Balaban J connectivity index is 2.07. The van der Waals surface area contributed by atoms with Crippen LogP contribution in [0.1, 0.15) is 24.1 Å². The normalized spacial score (nSPS) is 17.9. The van der Waals surface area contributed by atoms with Gasteiger partial charge >= 0.3 is 0 Å². The summed E-state index contributed by atoms with van der Waals surface area (Å²) in [6, 6.07) is 4.10. The van der Waals surface area contributed by atoms with Gasteiger partial charge in [0.05, 0.1) is 16.1 Å². The number of hydrogen-bond acceptors (Lipinski definition) is 4. The molecule has 0 bridgehead atoms. The van der Waals surface area contributed by atoms with Crippen molar-refractivity contribution in [3.63, 3.8) is 0 Å². The fourth-order valence-electron chi connectivity index (χ4n) is 1.75. The minimum Gasteiger partial charge on any atom is -0.411 e. The molecule has 0 aromatic carbocycles. The van der Waals surface area contributed by atoms with Gasteiger partial charge in [0.25, 0.3) is 0 Å². The molecule has 4 heteroatoms. The van der Waals surface area contributed by atoms with Gasteiger partial charge < -0.3 is 10.1 Å². The monoisotopic (exact) mass is 210 g/mol. The maximum Gasteiger partial charge on any atom is 0.0915 e. The minimum absolute atomic E-state index is 1.01. The second-order valence-electron chi connectivity index (χ2n) is 3.47. The van der Waals surface area contributed by atoms with Gasteiger partial charge in [-0.15, -0.1) is 11.3 Å². The van der Waals surface area contributed by atoms with Crippen LogP contribution < -0.4 is 4.90 Å². The summed E-state index contributed by atoms with van der Waals surface area (Å²) in [6.07, 6.45) is 5.42. The maximum atomic E-state index is 8.40. The highest BCUT2D eigenvalue weighted by molar-refractivity contribution is 7.17. The molecule has 1 aliphatic heterocycles. The third-order valence-electron chi connectivity index (χ3n) is 2.47. The highest BCUT2D eigenvalue weighted by Crippen LogP contribution is 2.27. The molecule has 0 atom stereocenters. The predicted octanol–water partition coefficient (Wildman–Crippen LogP) is 2.55. The van der Waals surface area contributed by atoms with Gasteiger partial charge in [-0.05, 0) is 31.4 Å². The molecule has 2 rings (SSSR count). The first kappa shape index (κ1) is 9.52. The Morgan fingerprint density at radius 2 is 2.07 bits per heavy atom. The van der Waals surface area contributed by atoms with Gasteiger partial charge in [0, 0.05) is 13.1 Å². The average Bonchev–Trinajstić information content (AvgIpc) is 2.68. The van der Waals surface area contributed by atoms with Gasteiger partial charge in [-0.3, -0.25) is 0 Å². The van der Waals surface area contributed by atoms with Crippen molar-refractivity contribution in [2.45, 2.75) is 19.3 Å². The standard InChI is InChI=1S/C10H14N2OS/c13-11-8-9-4-5-10(14-9)12-6-2-1-3-7-12/h4-5,8,13H,1-3,6-7H2/b11-8-. The summed E-state index contributed by atoms with van der Waals surface area (Å²) in [4.78, 5) is 3.41. The van der Waals surface area contributed by atoms with E-state index in [1.807, 2.05) is 6.07 Å². The molecule has 1 aromatic rings. The van der Waals surface area contributed by atoms with Crippen LogP contribution in [0.3, 0.4) is 0 Å². The highest BCUT2D eigenvalue weighted by Gasteiger charge is 2.12. The van der Waals surface area contributed by atoms with E-state index in [-0.39, 0.29) is 0 Å². The molecule has 1 aromatic heterocycles. The van der Waals surface area contributed by atoms with Gasteiger partial charge in [-0.2, -0.15) is 0 Å². The Hall–Kier alpha value is -1.03. The summed E-state index contributed by atoms with van der Waals surface area (Å²) in [5.41, 5.74) is 0. The Morgan fingerprint density at radius 1 is 1.29 bits per heavy atom. The van der Waals surface area contributed by atoms with Crippen LogP contribution in [-0.2, 0) is 0 Å². The van der Waals surface area contributed by atoms with E-state index < -0.39 is 0 Å². The minimum atomic E-state index is 1.01. The first-order valence-corrected chi connectivity index (χ1v) is 5.74. The molecule has 2 heterocycles. The van der Waals surface area contributed by atoms with Crippen molar-refractivity contribution < 1.29 is 5.21 Å². The quantitative estimate of drug-likeness (QED) is 0.462. The van der Waals surface area contributed by atoms with Crippen molar-refractivity contribution in [1.82, 2.24) is 0 Å². The van der Waals surface area contributed by atoms with Crippen molar-refractivity contribution in [2.24, 2.45) is 5.16 Å². The number of piperidine rings is 1. The molecular formula is C10H14N2OS. The van der Waals surface area contributed by atoms with E-state index in [1.165, 1.54) is 30.5 Å². The molecule has 0 radical (unpaired) electrons. The predicted molar refractivity (Wildman–Crippen MR) is 59.8 cm³/mol. The second-order valence-corrected chi connectivity index (χ2v) is 4.56. The van der Waals surface area contributed by atoms with Crippen molar-refractivity contribution >= 4 is 22.6 Å². The number of rotatable bonds is 2. The molecule has 1 N–H and O–H groups in total. The molecule has 14 heavy (non-hydrogen) atoms. The van der Waals surface area contributed by atoms with Crippen LogP contribution in [0.4, 0.5) is 5.00 Å². The smallest absolute Gasteiger partial charge is 0.0915 e. The number of hydrogen-bond donors (Lipinski definition) is 1. The van der Waals surface area contributed by atoms with Gasteiger partial charge in [-0.1, -0.05) is 5.16 Å². The lowest BCUT2D eigenvalue weighted by molar-refractivity contribution is 0.322. The molecule has 0 aliphatic carbocycles. The first-order valence-electron chi connectivity index (χ1n) is 4.92. The average molecular weight is 210 g/mol. The molecule has 1 fully saturated rings. The van der Waals surface area contributed by atoms with Gasteiger partial charge in [0.15, 0.2) is 0 Å². The molecule has 0 spiro atoms. The first-order chi connectivity index (χ1) is 6.90. The Labute approximate surface area is 87.7 Å². The topological polar surface area (TPSA) is 35.8 Å². The number of anilines is 1. The molecule has 0 amide bonds. The number of thiophene rings is 1. The van der Waals surface area contributed by atoms with E-state index in [1.54, 1.807) is 11.3 Å². The van der Waals surface area contributed by atoms with Crippen LogP contribution >= 0.6 is 11.3 Å². The van der Waals surface area contributed by atoms with Crippen LogP contribution in [0.5, 0.6) is 0 Å². The molecule has 1 saturated heterocycles. The number of oxime groups is 1. The van der Waals surface area contributed by atoms with Crippen molar-refractivity contribution in [2.75, 3.05) is 18.0 Å². The van der Waals surface area contributed by atoms with E-state index in [2.05, 4.69) is 16.1 Å². The zero-order valence-corrected chi connectivity index (χ0v) is 8.83. The van der Waals surface area contributed by atoms with Crippen molar-refractivity contribution in [3.05, 3.63) is 17.0 Å². The summed E-state index contributed by atoms with van der Waals surface area (Å²) in [5, 5.41) is 12.7. The molecule has 0 saturated carbocycles. The Kier molecular flexibility index (Phi) is 3.03. The summed E-state index contributed by atoms with van der Waals surface area (Å²) in [7, 11) is 0. The molecule has 0 unspecified atom stereocenters. The summed E-state index contributed by atoms with van der Waals surface area (Å²) < 4.78 is 0. The molecule has 76 valence electrons. The summed E-state index contributed by atoms with van der Waals surface area (Å²) >= 11 is 1.68. The SMILES string of the molecule is O/N=C\c1ccc(N2CCCCC2)s1. The maximum absolute atomic E-state index is 8.40. The van der Waals surface area contributed by atoms with E-state index in [0.29, 0.717) is 0 Å².